The molecule has 0 aromatic heterocycles. The molecule has 1 heterocycles. The second-order valence-electron chi connectivity index (χ2n) is 5.44. The summed E-state index contributed by atoms with van der Waals surface area (Å²) in [6.45, 7) is 7.83. The first-order chi connectivity index (χ1) is 6.79. The summed E-state index contributed by atoms with van der Waals surface area (Å²) in [5.74, 6) is 0.229. The lowest BCUT2D eigenvalue weighted by Crippen LogP contribution is -2.38. The first kappa shape index (κ1) is 12.9. The molecule has 0 aromatic carbocycles. The Morgan fingerprint density at radius 2 is 2.07 bits per heavy atom. The summed E-state index contributed by atoms with van der Waals surface area (Å²) in [5, 5.41) is 3.14. The van der Waals surface area contributed by atoms with E-state index < -0.39 is 10.0 Å². The van der Waals surface area contributed by atoms with E-state index in [0.29, 0.717) is 6.42 Å². The van der Waals surface area contributed by atoms with Gasteiger partial charge >= 0.3 is 0 Å². The number of hydrogen-bond donors (Lipinski definition) is 2. The van der Waals surface area contributed by atoms with E-state index in [4.69, 9.17) is 0 Å². The Bertz CT molecular complexity index is 287. The minimum absolute atomic E-state index is 0.0721. The summed E-state index contributed by atoms with van der Waals surface area (Å²) >= 11 is 0. The Morgan fingerprint density at radius 3 is 2.53 bits per heavy atom. The molecule has 5 heteroatoms. The van der Waals surface area contributed by atoms with Gasteiger partial charge in [-0.3, -0.25) is 0 Å². The topological polar surface area (TPSA) is 58.2 Å². The zero-order chi connectivity index (χ0) is 11.5. The summed E-state index contributed by atoms with van der Waals surface area (Å²) in [5.41, 5.74) is 0.0721. The standard InChI is InChI=1S/C10H22N2O2S/c1-10(2,3)5-7-15(13,14)12-9-4-6-11-8-9/h9,11-12H,4-8H2,1-3H3. The monoisotopic (exact) mass is 234 g/mol. The third-order valence-corrected chi connectivity index (χ3v) is 3.96. The van der Waals surface area contributed by atoms with Gasteiger partial charge < -0.3 is 5.32 Å². The Hall–Kier alpha value is -0.130. The van der Waals surface area contributed by atoms with Crippen molar-refractivity contribution in [1.82, 2.24) is 10.0 Å². The van der Waals surface area contributed by atoms with Crippen molar-refractivity contribution in [3.8, 4) is 0 Å². The molecule has 1 unspecified atom stereocenters. The molecule has 0 saturated carbocycles. The molecule has 90 valence electrons. The van der Waals surface area contributed by atoms with Crippen LogP contribution in [0.3, 0.4) is 0 Å². The van der Waals surface area contributed by atoms with Gasteiger partial charge in [-0.25, -0.2) is 13.1 Å². The third-order valence-electron chi connectivity index (χ3n) is 2.53. The van der Waals surface area contributed by atoms with E-state index in [1.807, 2.05) is 0 Å². The number of rotatable bonds is 4. The fourth-order valence-electron chi connectivity index (χ4n) is 1.51. The highest BCUT2D eigenvalue weighted by Gasteiger charge is 2.22. The van der Waals surface area contributed by atoms with Gasteiger partial charge in [-0.1, -0.05) is 20.8 Å². The molecule has 0 aromatic rings. The van der Waals surface area contributed by atoms with E-state index in [2.05, 4.69) is 30.8 Å². The fourth-order valence-corrected chi connectivity index (χ4v) is 3.22. The second-order valence-corrected chi connectivity index (χ2v) is 7.31. The average Bonchev–Trinajstić information content (AvgIpc) is 2.52. The minimum Gasteiger partial charge on any atom is -0.315 e. The third kappa shape index (κ3) is 5.49. The quantitative estimate of drug-likeness (QED) is 0.753. The first-order valence-electron chi connectivity index (χ1n) is 5.49. The predicted molar refractivity (Wildman–Crippen MR) is 62.3 cm³/mol. The van der Waals surface area contributed by atoms with Crippen LogP contribution in [0, 0.1) is 5.41 Å². The fraction of sp³-hybridized carbons (Fsp3) is 1.00. The van der Waals surface area contributed by atoms with Crippen molar-refractivity contribution < 1.29 is 8.42 Å². The summed E-state index contributed by atoms with van der Waals surface area (Å²) in [6.07, 6.45) is 1.59. The van der Waals surface area contributed by atoms with Gasteiger partial charge in [0.25, 0.3) is 0 Å². The SMILES string of the molecule is CC(C)(C)CCS(=O)(=O)NC1CCNC1. The summed E-state index contributed by atoms with van der Waals surface area (Å²) < 4.78 is 26.1. The lowest BCUT2D eigenvalue weighted by atomic mass is 9.94. The molecular weight excluding hydrogens is 212 g/mol. The van der Waals surface area contributed by atoms with E-state index >= 15 is 0 Å². The number of hydrogen-bond acceptors (Lipinski definition) is 3. The van der Waals surface area contributed by atoms with Crippen molar-refractivity contribution >= 4 is 10.0 Å². The summed E-state index contributed by atoms with van der Waals surface area (Å²) in [4.78, 5) is 0. The maximum absolute atomic E-state index is 11.7. The zero-order valence-electron chi connectivity index (χ0n) is 9.84. The molecule has 0 bridgehead atoms. The van der Waals surface area contributed by atoms with E-state index in [0.717, 1.165) is 19.5 Å². The van der Waals surface area contributed by atoms with Crippen molar-refractivity contribution in [3.63, 3.8) is 0 Å². The average molecular weight is 234 g/mol. The van der Waals surface area contributed by atoms with E-state index in [9.17, 15) is 8.42 Å². The highest BCUT2D eigenvalue weighted by atomic mass is 32.2. The van der Waals surface area contributed by atoms with Crippen LogP contribution in [0.4, 0.5) is 0 Å². The van der Waals surface area contributed by atoms with Crippen LogP contribution in [0.5, 0.6) is 0 Å². The first-order valence-corrected chi connectivity index (χ1v) is 7.14. The Balaban J connectivity index is 2.38. The normalized spacial score (nSPS) is 23.3. The predicted octanol–water partition coefficient (Wildman–Crippen LogP) is 0.704. The maximum Gasteiger partial charge on any atom is 0.211 e. The molecule has 4 nitrogen and oxygen atoms in total. The second kappa shape index (κ2) is 4.80. The lowest BCUT2D eigenvalue weighted by Gasteiger charge is -2.19. The van der Waals surface area contributed by atoms with Crippen LogP contribution >= 0.6 is 0 Å². The van der Waals surface area contributed by atoms with E-state index in [1.165, 1.54) is 0 Å². The highest BCUT2D eigenvalue weighted by Crippen LogP contribution is 2.19. The van der Waals surface area contributed by atoms with Gasteiger partial charge in [0.05, 0.1) is 5.75 Å². The van der Waals surface area contributed by atoms with Gasteiger partial charge in [0.1, 0.15) is 0 Å². The molecule has 2 N–H and O–H groups in total. The summed E-state index contributed by atoms with van der Waals surface area (Å²) in [6, 6.07) is 0.0926. The van der Waals surface area contributed by atoms with Crippen molar-refractivity contribution in [2.45, 2.75) is 39.7 Å². The van der Waals surface area contributed by atoms with Gasteiger partial charge in [-0.2, -0.15) is 0 Å². The van der Waals surface area contributed by atoms with Gasteiger partial charge in [0.2, 0.25) is 10.0 Å². The van der Waals surface area contributed by atoms with Gasteiger partial charge in [0.15, 0.2) is 0 Å². The van der Waals surface area contributed by atoms with Crippen LogP contribution in [0.15, 0.2) is 0 Å². The van der Waals surface area contributed by atoms with E-state index in [-0.39, 0.29) is 17.2 Å². The molecule has 0 aliphatic carbocycles. The van der Waals surface area contributed by atoms with Gasteiger partial charge in [-0.15, -0.1) is 0 Å². The Morgan fingerprint density at radius 1 is 1.40 bits per heavy atom. The van der Waals surface area contributed by atoms with Gasteiger partial charge in [-0.05, 0) is 24.8 Å². The van der Waals surface area contributed by atoms with Crippen molar-refractivity contribution in [2.24, 2.45) is 5.41 Å². The minimum atomic E-state index is -3.09. The largest absolute Gasteiger partial charge is 0.315 e. The molecule has 1 saturated heterocycles. The highest BCUT2D eigenvalue weighted by molar-refractivity contribution is 7.89. The van der Waals surface area contributed by atoms with Crippen molar-refractivity contribution in [1.29, 1.82) is 0 Å². The molecule has 1 fully saturated rings. The molecule has 0 radical (unpaired) electrons. The maximum atomic E-state index is 11.7. The Kier molecular flexibility index (Phi) is 4.14. The molecular formula is C10H22N2O2S. The smallest absolute Gasteiger partial charge is 0.211 e. The van der Waals surface area contributed by atoms with Crippen LogP contribution in [-0.4, -0.2) is 33.3 Å². The zero-order valence-corrected chi connectivity index (χ0v) is 10.7. The molecule has 1 atom stereocenters. The molecule has 15 heavy (non-hydrogen) atoms. The van der Waals surface area contributed by atoms with Crippen LogP contribution in [0.1, 0.15) is 33.6 Å². The number of nitrogens with one attached hydrogen (secondary N) is 2. The molecule has 1 aliphatic heterocycles. The molecule has 1 aliphatic rings. The number of sulfonamides is 1. The molecule has 0 spiro atoms. The Labute approximate surface area is 92.9 Å². The molecule has 1 rings (SSSR count). The lowest BCUT2D eigenvalue weighted by molar-refractivity contribution is 0.395. The van der Waals surface area contributed by atoms with Crippen LogP contribution in [0.2, 0.25) is 0 Å². The van der Waals surface area contributed by atoms with Crippen LogP contribution in [0.25, 0.3) is 0 Å². The van der Waals surface area contributed by atoms with E-state index in [1.54, 1.807) is 0 Å². The van der Waals surface area contributed by atoms with Crippen molar-refractivity contribution in [2.75, 3.05) is 18.8 Å². The van der Waals surface area contributed by atoms with Crippen LogP contribution in [-0.2, 0) is 10.0 Å². The van der Waals surface area contributed by atoms with Crippen molar-refractivity contribution in [3.05, 3.63) is 0 Å². The van der Waals surface area contributed by atoms with Gasteiger partial charge in [0, 0.05) is 12.6 Å². The summed E-state index contributed by atoms with van der Waals surface area (Å²) in [7, 11) is -3.09. The molecule has 0 amide bonds. The van der Waals surface area contributed by atoms with Crippen LogP contribution < -0.4 is 10.0 Å².